The molecule has 0 unspecified atom stereocenters. The lowest BCUT2D eigenvalue weighted by molar-refractivity contribution is 0.218. The van der Waals surface area contributed by atoms with Gasteiger partial charge in [-0.05, 0) is 102 Å². The number of hydrogen-bond donors (Lipinski definition) is 3. The highest BCUT2D eigenvalue weighted by atomic mass is 15.1. The van der Waals surface area contributed by atoms with Gasteiger partial charge in [0, 0.05) is 41.3 Å². The zero-order valence-corrected chi connectivity index (χ0v) is 19.2. The molecule has 0 atom stereocenters. The molecular formula is C25H37N5. The minimum atomic E-state index is 0.264. The van der Waals surface area contributed by atoms with Crippen LogP contribution in [0.15, 0.2) is 41.3 Å². The predicted octanol–water partition coefficient (Wildman–Crippen LogP) is 4.66. The first kappa shape index (κ1) is 22.3. The molecule has 1 fully saturated rings. The summed E-state index contributed by atoms with van der Waals surface area (Å²) in [7, 11) is 2.20. The van der Waals surface area contributed by atoms with E-state index in [2.05, 4.69) is 69.0 Å². The van der Waals surface area contributed by atoms with E-state index < -0.39 is 0 Å². The summed E-state index contributed by atoms with van der Waals surface area (Å²) in [5.74, 6) is 1.51. The molecular weight excluding hydrogens is 370 g/mol. The van der Waals surface area contributed by atoms with Gasteiger partial charge in [0.15, 0.2) is 0 Å². The topological polar surface area (TPSA) is 64.0 Å². The summed E-state index contributed by atoms with van der Waals surface area (Å²) in [4.78, 5) is 7.37. The van der Waals surface area contributed by atoms with E-state index in [-0.39, 0.29) is 6.04 Å². The van der Waals surface area contributed by atoms with Crippen LogP contribution in [0.3, 0.4) is 0 Å². The van der Waals surface area contributed by atoms with Crippen LogP contribution in [0.2, 0.25) is 0 Å². The van der Waals surface area contributed by atoms with Crippen LogP contribution in [0, 0.1) is 11.3 Å². The van der Waals surface area contributed by atoms with Crippen LogP contribution in [-0.4, -0.2) is 42.3 Å². The van der Waals surface area contributed by atoms with E-state index in [1.807, 2.05) is 0 Å². The lowest BCUT2D eigenvalue weighted by atomic mass is 9.89. The van der Waals surface area contributed by atoms with Crippen molar-refractivity contribution in [3.63, 3.8) is 0 Å². The maximum Gasteiger partial charge on any atom is 0.135 e. The second-order valence-electron chi connectivity index (χ2n) is 9.20. The summed E-state index contributed by atoms with van der Waals surface area (Å²) in [6.07, 6.45) is 7.82. The van der Waals surface area contributed by atoms with Gasteiger partial charge in [0.1, 0.15) is 5.82 Å². The van der Waals surface area contributed by atoms with Crippen molar-refractivity contribution in [1.29, 1.82) is 5.41 Å². The Kier molecular flexibility index (Phi) is 7.14. The molecule has 0 radical (unpaired) electrons. The largest absolute Gasteiger partial charge is 0.367 e. The molecule has 1 saturated heterocycles. The Morgan fingerprint density at radius 1 is 1.33 bits per heavy atom. The molecule has 0 amide bonds. The van der Waals surface area contributed by atoms with Gasteiger partial charge in [-0.1, -0.05) is 6.58 Å². The van der Waals surface area contributed by atoms with Crippen LogP contribution in [0.4, 0.5) is 5.82 Å². The highest BCUT2D eigenvalue weighted by molar-refractivity contribution is 5.87. The van der Waals surface area contributed by atoms with Gasteiger partial charge in [0.05, 0.1) is 0 Å². The molecule has 162 valence electrons. The van der Waals surface area contributed by atoms with E-state index in [4.69, 9.17) is 10.4 Å². The summed E-state index contributed by atoms with van der Waals surface area (Å²) in [6, 6.07) is 2.49. The smallest absolute Gasteiger partial charge is 0.135 e. The van der Waals surface area contributed by atoms with Gasteiger partial charge in [0.2, 0.25) is 0 Å². The van der Waals surface area contributed by atoms with E-state index in [9.17, 15) is 0 Å². The zero-order valence-electron chi connectivity index (χ0n) is 19.2. The second-order valence-corrected chi connectivity index (χ2v) is 9.20. The lowest BCUT2D eigenvalue weighted by Crippen LogP contribution is -2.31. The zero-order chi connectivity index (χ0) is 21.8. The third-order valence-electron chi connectivity index (χ3n) is 6.09. The van der Waals surface area contributed by atoms with Gasteiger partial charge in [-0.15, -0.1) is 0 Å². The van der Waals surface area contributed by atoms with Gasteiger partial charge in [0.25, 0.3) is 0 Å². The normalized spacial score (nSPS) is 18.5. The maximum atomic E-state index is 8.09. The fraction of sp³-hybridized carbons (Fsp3) is 0.520. The molecule has 0 aliphatic carbocycles. The molecule has 2 aliphatic heterocycles. The molecule has 0 saturated carbocycles. The minimum absolute atomic E-state index is 0.264. The number of pyridine rings is 1. The Labute approximate surface area is 181 Å². The summed E-state index contributed by atoms with van der Waals surface area (Å²) in [5.41, 5.74) is 7.68. The number of nitrogens with one attached hydrogen (secondary N) is 3. The molecule has 3 heterocycles. The number of nitrogens with zero attached hydrogens (tertiary/aromatic N) is 2. The fourth-order valence-electron chi connectivity index (χ4n) is 4.46. The van der Waals surface area contributed by atoms with Gasteiger partial charge < -0.3 is 20.9 Å². The van der Waals surface area contributed by atoms with Crippen LogP contribution >= 0.6 is 0 Å². The second kappa shape index (κ2) is 9.61. The number of hydrogen-bond acceptors (Lipinski definition) is 5. The van der Waals surface area contributed by atoms with Crippen molar-refractivity contribution in [2.24, 2.45) is 5.92 Å². The highest BCUT2D eigenvalue weighted by Gasteiger charge is 2.21. The number of aromatic nitrogens is 1. The van der Waals surface area contributed by atoms with Crippen molar-refractivity contribution in [1.82, 2.24) is 15.2 Å². The first-order valence-electron chi connectivity index (χ1n) is 11.1. The lowest BCUT2D eigenvalue weighted by Gasteiger charge is -2.29. The average molecular weight is 408 g/mol. The van der Waals surface area contributed by atoms with Gasteiger partial charge in [-0.2, -0.15) is 0 Å². The number of rotatable bonds is 7. The van der Waals surface area contributed by atoms with Crippen molar-refractivity contribution in [2.45, 2.75) is 59.4 Å². The summed E-state index contributed by atoms with van der Waals surface area (Å²) < 4.78 is 0. The highest BCUT2D eigenvalue weighted by Crippen LogP contribution is 2.29. The molecule has 0 aromatic carbocycles. The molecule has 1 aromatic heterocycles. The Balaban J connectivity index is 1.96. The van der Waals surface area contributed by atoms with Crippen molar-refractivity contribution in [2.75, 3.05) is 25.5 Å². The monoisotopic (exact) mass is 407 g/mol. The number of piperidine rings is 1. The predicted molar refractivity (Wildman–Crippen MR) is 127 cm³/mol. The maximum absolute atomic E-state index is 8.09. The molecule has 1 aromatic rings. The summed E-state index contributed by atoms with van der Waals surface area (Å²) in [5, 5.41) is 14.9. The molecule has 5 heteroatoms. The third kappa shape index (κ3) is 5.39. The van der Waals surface area contributed by atoms with Crippen LogP contribution in [0.25, 0.3) is 0 Å². The van der Waals surface area contributed by atoms with Crippen molar-refractivity contribution >= 4 is 12.0 Å². The molecule has 0 spiro atoms. The van der Waals surface area contributed by atoms with Crippen molar-refractivity contribution in [3.8, 4) is 0 Å². The van der Waals surface area contributed by atoms with E-state index in [1.165, 1.54) is 30.2 Å². The van der Waals surface area contributed by atoms with E-state index in [0.29, 0.717) is 5.92 Å². The minimum Gasteiger partial charge on any atom is -0.367 e. The number of allylic oxidation sites excluding steroid dienone is 4. The number of dihydropyridines is 1. The Hall–Kier alpha value is -2.40. The van der Waals surface area contributed by atoms with Gasteiger partial charge >= 0.3 is 0 Å². The van der Waals surface area contributed by atoms with Gasteiger partial charge in [-0.25, -0.2) is 4.98 Å². The first-order chi connectivity index (χ1) is 14.3. The summed E-state index contributed by atoms with van der Waals surface area (Å²) in [6.45, 7) is 15.0. The molecule has 2 aliphatic rings. The number of anilines is 1. The van der Waals surface area contributed by atoms with E-state index in [0.717, 1.165) is 60.0 Å². The summed E-state index contributed by atoms with van der Waals surface area (Å²) >= 11 is 0. The SMILES string of the molecule is C=C1NC(C)=CC(C)=C1Cc1cc(CC2CCN(C)CC2)nc(NC(C)C)c1C=N. The van der Waals surface area contributed by atoms with Crippen LogP contribution in [0.1, 0.15) is 57.4 Å². The number of likely N-dealkylation sites (tertiary alicyclic amines) is 1. The molecule has 3 N–H and O–H groups in total. The Morgan fingerprint density at radius 3 is 2.63 bits per heavy atom. The van der Waals surface area contributed by atoms with Crippen LogP contribution in [0.5, 0.6) is 0 Å². The first-order valence-corrected chi connectivity index (χ1v) is 11.1. The molecule has 0 bridgehead atoms. The molecule has 3 rings (SSSR count). The third-order valence-corrected chi connectivity index (χ3v) is 6.09. The van der Waals surface area contributed by atoms with Crippen LogP contribution < -0.4 is 10.6 Å². The van der Waals surface area contributed by atoms with Gasteiger partial charge in [-0.3, -0.25) is 0 Å². The van der Waals surface area contributed by atoms with Crippen LogP contribution in [-0.2, 0) is 12.8 Å². The molecule has 5 nitrogen and oxygen atoms in total. The molecule has 30 heavy (non-hydrogen) atoms. The average Bonchev–Trinajstić information content (AvgIpc) is 2.66. The Morgan fingerprint density at radius 2 is 2.03 bits per heavy atom. The Bertz CT molecular complexity index is 870. The fourth-order valence-corrected chi connectivity index (χ4v) is 4.46. The van der Waals surface area contributed by atoms with Crippen molar-refractivity contribution < 1.29 is 0 Å². The van der Waals surface area contributed by atoms with E-state index >= 15 is 0 Å². The quantitative estimate of drug-likeness (QED) is 0.575. The standard InChI is InChI=1S/C25H37N5/c1-16(2)27-25-24(15-26)21(14-23-17(3)11-18(4)28-19(23)5)13-22(29-25)12-20-7-9-30(6)10-8-20/h11,13,15-16,20,26,28H,5,7-10,12,14H2,1-4,6H3,(H,27,29). The van der Waals surface area contributed by atoms with E-state index in [1.54, 1.807) is 0 Å². The van der Waals surface area contributed by atoms with Crippen molar-refractivity contribution in [3.05, 3.63) is 58.1 Å².